The first-order valence-corrected chi connectivity index (χ1v) is 11.9. The van der Waals surface area contributed by atoms with Crippen molar-refractivity contribution in [2.75, 3.05) is 6.79 Å². The first kappa shape index (κ1) is 20.5. The molecule has 0 saturated carbocycles. The summed E-state index contributed by atoms with van der Waals surface area (Å²) >= 11 is 8.98. The number of allylic oxidation sites excluding steroid dienone is 1. The molecule has 31 heavy (non-hydrogen) atoms. The number of imide groups is 1. The van der Waals surface area contributed by atoms with E-state index in [4.69, 9.17) is 21.1 Å². The van der Waals surface area contributed by atoms with Gasteiger partial charge in [-0.2, -0.15) is 0 Å². The van der Waals surface area contributed by atoms with Gasteiger partial charge >= 0.3 is 0 Å². The standard InChI is InChI=1S/C23H18ClNO4S2/c1-13-2-4-14(5-3-13)16-6-17(30-11-16)8-21-22(26)25(23(27)31-21)10-15-7-19-20(9-18(15)24)29-12-28-19/h2-5,7-9,11,17H,6,10,12H2,1H3/b21-8-. The smallest absolute Gasteiger partial charge is 0.293 e. The highest BCUT2D eigenvalue weighted by atomic mass is 35.5. The van der Waals surface area contributed by atoms with Gasteiger partial charge in [-0.25, -0.2) is 0 Å². The summed E-state index contributed by atoms with van der Waals surface area (Å²) in [6.45, 7) is 2.30. The third-order valence-electron chi connectivity index (χ3n) is 5.31. The SMILES string of the molecule is Cc1ccc(C2=CSC(/C=C3\SC(=O)N(Cc4cc5c(cc4Cl)OCO5)C3=O)C2)cc1. The molecule has 3 aliphatic heterocycles. The number of nitrogens with zero attached hydrogens (tertiary/aromatic N) is 1. The van der Waals surface area contributed by atoms with E-state index in [1.165, 1.54) is 21.6 Å². The molecule has 1 atom stereocenters. The van der Waals surface area contributed by atoms with Gasteiger partial charge in [-0.05, 0) is 53.3 Å². The fourth-order valence-corrected chi connectivity index (χ4v) is 5.84. The number of hydrogen-bond acceptors (Lipinski definition) is 6. The van der Waals surface area contributed by atoms with Crippen LogP contribution in [0.25, 0.3) is 5.57 Å². The Balaban J connectivity index is 1.28. The van der Waals surface area contributed by atoms with Gasteiger partial charge in [0.1, 0.15) is 0 Å². The lowest BCUT2D eigenvalue weighted by Crippen LogP contribution is -2.27. The maximum atomic E-state index is 12.9. The van der Waals surface area contributed by atoms with Crippen LogP contribution in [0.2, 0.25) is 5.02 Å². The van der Waals surface area contributed by atoms with Crippen LogP contribution in [0.3, 0.4) is 0 Å². The molecule has 1 unspecified atom stereocenters. The van der Waals surface area contributed by atoms with E-state index < -0.39 is 0 Å². The van der Waals surface area contributed by atoms with Crippen LogP contribution in [0.15, 0.2) is 52.8 Å². The molecule has 0 aromatic heterocycles. The molecule has 3 heterocycles. The predicted molar refractivity (Wildman–Crippen MR) is 124 cm³/mol. The Bertz CT molecular complexity index is 1140. The summed E-state index contributed by atoms with van der Waals surface area (Å²) in [6.07, 6.45) is 2.74. The van der Waals surface area contributed by atoms with Crippen LogP contribution in [-0.4, -0.2) is 28.1 Å². The minimum atomic E-state index is -0.292. The molecular formula is C23H18ClNO4S2. The van der Waals surface area contributed by atoms with Gasteiger partial charge in [0.05, 0.1) is 11.4 Å². The normalized spacial score (nSPS) is 21.4. The molecule has 2 aromatic carbocycles. The van der Waals surface area contributed by atoms with Crippen molar-refractivity contribution >= 4 is 51.8 Å². The van der Waals surface area contributed by atoms with Gasteiger partial charge in [-0.3, -0.25) is 14.5 Å². The first-order chi connectivity index (χ1) is 15.0. The lowest BCUT2D eigenvalue weighted by molar-refractivity contribution is -0.123. The van der Waals surface area contributed by atoms with E-state index in [0.29, 0.717) is 27.0 Å². The molecule has 2 aromatic rings. The average Bonchev–Trinajstić information content (AvgIpc) is 3.45. The summed E-state index contributed by atoms with van der Waals surface area (Å²) in [7, 11) is 0. The van der Waals surface area contributed by atoms with Gasteiger partial charge in [0, 0.05) is 16.3 Å². The molecule has 0 aliphatic carbocycles. The summed E-state index contributed by atoms with van der Waals surface area (Å²) in [5, 5.41) is 2.41. The maximum Gasteiger partial charge on any atom is 0.293 e. The second-order valence-electron chi connectivity index (χ2n) is 7.47. The van der Waals surface area contributed by atoms with Gasteiger partial charge in [0.2, 0.25) is 6.79 Å². The van der Waals surface area contributed by atoms with Crippen LogP contribution in [0, 0.1) is 6.92 Å². The van der Waals surface area contributed by atoms with E-state index in [0.717, 1.165) is 18.2 Å². The number of ether oxygens (including phenoxy) is 2. The van der Waals surface area contributed by atoms with Crippen molar-refractivity contribution in [2.45, 2.75) is 25.1 Å². The predicted octanol–water partition coefficient (Wildman–Crippen LogP) is 6.00. The molecule has 0 radical (unpaired) electrons. The van der Waals surface area contributed by atoms with E-state index in [-0.39, 0.29) is 29.7 Å². The number of hydrogen-bond donors (Lipinski definition) is 0. The van der Waals surface area contributed by atoms with Gasteiger partial charge in [0.25, 0.3) is 11.1 Å². The number of carbonyl (C=O) groups is 2. The van der Waals surface area contributed by atoms with E-state index >= 15 is 0 Å². The molecule has 0 bridgehead atoms. The topological polar surface area (TPSA) is 55.8 Å². The summed E-state index contributed by atoms with van der Waals surface area (Å²) in [4.78, 5) is 27.2. The van der Waals surface area contributed by atoms with Crippen molar-refractivity contribution < 1.29 is 19.1 Å². The first-order valence-electron chi connectivity index (χ1n) is 9.73. The number of benzene rings is 2. The average molecular weight is 472 g/mol. The minimum Gasteiger partial charge on any atom is -0.454 e. The van der Waals surface area contributed by atoms with Crippen LogP contribution in [-0.2, 0) is 11.3 Å². The maximum absolute atomic E-state index is 12.9. The molecule has 158 valence electrons. The molecule has 5 rings (SSSR count). The van der Waals surface area contributed by atoms with Crippen LogP contribution in [0.5, 0.6) is 11.5 Å². The monoisotopic (exact) mass is 471 g/mol. The fourth-order valence-electron chi connectivity index (χ4n) is 3.60. The second kappa shape index (κ2) is 8.30. The van der Waals surface area contributed by atoms with Crippen molar-refractivity contribution in [1.82, 2.24) is 4.90 Å². The minimum absolute atomic E-state index is 0.0994. The van der Waals surface area contributed by atoms with Crippen LogP contribution in [0.4, 0.5) is 4.79 Å². The Kier molecular flexibility index (Phi) is 5.50. The van der Waals surface area contributed by atoms with E-state index in [1.54, 1.807) is 23.9 Å². The third-order valence-corrected chi connectivity index (χ3v) is 7.66. The highest BCUT2D eigenvalue weighted by Crippen LogP contribution is 2.42. The quantitative estimate of drug-likeness (QED) is 0.509. The lowest BCUT2D eigenvalue weighted by atomic mass is 10.0. The lowest BCUT2D eigenvalue weighted by Gasteiger charge is -2.14. The number of amides is 2. The second-order valence-corrected chi connectivity index (χ2v) is 9.99. The van der Waals surface area contributed by atoms with Crippen molar-refractivity contribution in [2.24, 2.45) is 0 Å². The van der Waals surface area contributed by atoms with E-state index in [9.17, 15) is 9.59 Å². The summed E-state index contributed by atoms with van der Waals surface area (Å²) in [6, 6.07) is 11.8. The number of halogens is 1. The van der Waals surface area contributed by atoms with Crippen molar-refractivity contribution in [3.05, 3.63) is 74.5 Å². The highest BCUT2D eigenvalue weighted by molar-refractivity contribution is 8.18. The molecule has 1 saturated heterocycles. The molecule has 0 N–H and O–H groups in total. The Hall–Kier alpha value is -2.35. The number of rotatable bonds is 4. The molecule has 5 nitrogen and oxygen atoms in total. The zero-order valence-electron chi connectivity index (χ0n) is 16.6. The third kappa shape index (κ3) is 4.10. The summed E-state index contributed by atoms with van der Waals surface area (Å²) < 4.78 is 10.7. The Labute approximate surface area is 193 Å². The largest absolute Gasteiger partial charge is 0.454 e. The van der Waals surface area contributed by atoms with Crippen molar-refractivity contribution in [3.63, 3.8) is 0 Å². The van der Waals surface area contributed by atoms with Gasteiger partial charge in [0.15, 0.2) is 11.5 Å². The number of thioether (sulfide) groups is 2. The molecule has 0 spiro atoms. The van der Waals surface area contributed by atoms with Crippen LogP contribution in [0.1, 0.15) is 23.1 Å². The molecule has 1 fully saturated rings. The Morgan fingerprint density at radius 2 is 1.90 bits per heavy atom. The van der Waals surface area contributed by atoms with Crippen LogP contribution >= 0.6 is 35.1 Å². The fraction of sp³-hybridized carbons (Fsp3) is 0.217. The van der Waals surface area contributed by atoms with E-state index in [2.05, 4.69) is 36.6 Å². The van der Waals surface area contributed by atoms with E-state index in [1.807, 2.05) is 6.08 Å². The number of aryl methyl sites for hydroxylation is 1. The van der Waals surface area contributed by atoms with Crippen molar-refractivity contribution in [1.29, 1.82) is 0 Å². The van der Waals surface area contributed by atoms with Gasteiger partial charge < -0.3 is 9.47 Å². The van der Waals surface area contributed by atoms with Gasteiger partial charge in [-0.1, -0.05) is 47.5 Å². The molecule has 8 heteroatoms. The number of carbonyl (C=O) groups excluding carboxylic acids is 2. The molecular weight excluding hydrogens is 454 g/mol. The summed E-state index contributed by atoms with van der Waals surface area (Å²) in [5.74, 6) is 0.852. The zero-order chi connectivity index (χ0) is 21.5. The Morgan fingerprint density at radius 1 is 1.16 bits per heavy atom. The molecule has 2 amide bonds. The highest BCUT2D eigenvalue weighted by Gasteiger charge is 2.36. The molecule has 3 aliphatic rings. The van der Waals surface area contributed by atoms with Gasteiger partial charge in [-0.15, -0.1) is 11.8 Å². The summed E-state index contributed by atoms with van der Waals surface area (Å²) in [5.41, 5.74) is 4.31. The van der Waals surface area contributed by atoms with Crippen LogP contribution < -0.4 is 9.47 Å². The Morgan fingerprint density at radius 3 is 2.68 bits per heavy atom. The zero-order valence-corrected chi connectivity index (χ0v) is 19.0. The number of fused-ring (bicyclic) bond motifs is 1. The van der Waals surface area contributed by atoms with Crippen molar-refractivity contribution in [3.8, 4) is 11.5 Å².